The molecule has 3 N–H and O–H groups in total. The van der Waals surface area contributed by atoms with Crippen molar-refractivity contribution in [3.8, 4) is 0 Å². The van der Waals surface area contributed by atoms with Crippen LogP contribution < -0.4 is 11.3 Å². The first-order valence-corrected chi connectivity index (χ1v) is 4.13. The van der Waals surface area contributed by atoms with E-state index in [1.54, 1.807) is 5.51 Å². The molecular weight excluding hydrogens is 198 g/mol. The van der Waals surface area contributed by atoms with Crippen LogP contribution in [0, 0.1) is 0 Å². The van der Waals surface area contributed by atoms with Crippen molar-refractivity contribution in [2.45, 2.75) is 12.8 Å². The second-order valence-electron chi connectivity index (χ2n) is 2.05. The Kier molecular flexibility index (Phi) is 5.61. The lowest BCUT2D eigenvalue weighted by atomic mass is 10.2. The van der Waals surface area contributed by atoms with Gasteiger partial charge in [0.05, 0.1) is 11.2 Å². The number of nitrogens with one attached hydrogen (secondary N) is 1. The van der Waals surface area contributed by atoms with Crippen LogP contribution in [0.5, 0.6) is 0 Å². The van der Waals surface area contributed by atoms with E-state index in [2.05, 4.69) is 10.4 Å². The molecule has 1 rings (SSSR count). The molecule has 0 aliphatic heterocycles. The molecule has 0 saturated heterocycles. The molecule has 0 bridgehead atoms. The molecule has 1 aromatic rings. The number of rotatable bonds is 3. The van der Waals surface area contributed by atoms with E-state index in [1.165, 1.54) is 11.3 Å². The lowest BCUT2D eigenvalue weighted by Crippen LogP contribution is -2.30. The number of aryl methyl sites for hydroxylation is 1. The van der Waals surface area contributed by atoms with Crippen LogP contribution in [-0.4, -0.2) is 10.9 Å². The van der Waals surface area contributed by atoms with Gasteiger partial charge in [-0.1, -0.05) is 0 Å². The van der Waals surface area contributed by atoms with Crippen molar-refractivity contribution in [1.29, 1.82) is 0 Å². The summed E-state index contributed by atoms with van der Waals surface area (Å²) in [5, 5.41) is 1.92. The first-order chi connectivity index (χ1) is 5.33. The summed E-state index contributed by atoms with van der Waals surface area (Å²) < 4.78 is 0. The average Bonchev–Trinajstić information content (AvgIpc) is 2.52. The van der Waals surface area contributed by atoms with Gasteiger partial charge in [-0.25, -0.2) is 10.8 Å². The van der Waals surface area contributed by atoms with Gasteiger partial charge >= 0.3 is 0 Å². The SMILES string of the molecule is Cl.NNC(=O)CCc1cscn1. The first kappa shape index (κ1) is 11.4. The van der Waals surface area contributed by atoms with Gasteiger partial charge in [0.2, 0.25) is 5.91 Å². The quantitative estimate of drug-likeness (QED) is 0.431. The topological polar surface area (TPSA) is 68.0 Å². The third kappa shape index (κ3) is 3.66. The number of hydrazine groups is 1. The fourth-order valence-electron chi connectivity index (χ4n) is 0.675. The number of hydrogen-bond acceptors (Lipinski definition) is 4. The van der Waals surface area contributed by atoms with Crippen molar-refractivity contribution >= 4 is 29.7 Å². The van der Waals surface area contributed by atoms with Crippen LogP contribution in [0.1, 0.15) is 12.1 Å². The highest BCUT2D eigenvalue weighted by molar-refractivity contribution is 7.07. The zero-order valence-electron chi connectivity index (χ0n) is 6.32. The second kappa shape index (κ2) is 5.93. The van der Waals surface area contributed by atoms with Crippen LogP contribution in [0.3, 0.4) is 0 Å². The molecule has 12 heavy (non-hydrogen) atoms. The molecule has 0 unspecified atom stereocenters. The molecule has 0 radical (unpaired) electrons. The van der Waals surface area contributed by atoms with Gasteiger partial charge in [-0.15, -0.1) is 23.7 Å². The maximum Gasteiger partial charge on any atom is 0.234 e. The molecule has 68 valence electrons. The van der Waals surface area contributed by atoms with Crippen LogP contribution >= 0.6 is 23.7 Å². The van der Waals surface area contributed by atoms with Gasteiger partial charge in [0.25, 0.3) is 0 Å². The molecular formula is C6H10ClN3OS. The first-order valence-electron chi connectivity index (χ1n) is 3.19. The van der Waals surface area contributed by atoms with Gasteiger partial charge in [0.15, 0.2) is 0 Å². The van der Waals surface area contributed by atoms with Gasteiger partial charge < -0.3 is 0 Å². The molecule has 1 heterocycles. The average molecular weight is 208 g/mol. The number of amides is 1. The van der Waals surface area contributed by atoms with Crippen LogP contribution in [-0.2, 0) is 11.2 Å². The van der Waals surface area contributed by atoms with Gasteiger partial charge in [-0.3, -0.25) is 10.2 Å². The molecule has 0 aliphatic carbocycles. The Bertz CT molecular complexity index is 227. The molecule has 0 spiro atoms. The number of thiazole rings is 1. The molecule has 0 saturated carbocycles. The van der Waals surface area contributed by atoms with E-state index in [1.807, 2.05) is 5.38 Å². The maximum atomic E-state index is 10.6. The third-order valence-corrected chi connectivity index (χ3v) is 1.89. The molecule has 1 amide bonds. The normalized spacial score (nSPS) is 8.75. The smallest absolute Gasteiger partial charge is 0.234 e. The van der Waals surface area contributed by atoms with E-state index in [4.69, 9.17) is 5.84 Å². The molecule has 0 aliphatic rings. The van der Waals surface area contributed by atoms with Crippen molar-refractivity contribution in [3.63, 3.8) is 0 Å². The zero-order valence-corrected chi connectivity index (χ0v) is 7.95. The lowest BCUT2D eigenvalue weighted by Gasteiger charge is -1.95. The summed E-state index contributed by atoms with van der Waals surface area (Å²) in [5.74, 6) is 4.74. The Morgan fingerprint density at radius 1 is 1.75 bits per heavy atom. The Labute approximate surface area is 80.6 Å². The number of carbonyl (C=O) groups is 1. The Hall–Kier alpha value is -0.650. The van der Waals surface area contributed by atoms with Gasteiger partial charge in [0.1, 0.15) is 0 Å². The lowest BCUT2D eigenvalue weighted by molar-refractivity contribution is -0.121. The van der Waals surface area contributed by atoms with E-state index in [9.17, 15) is 4.79 Å². The summed E-state index contributed by atoms with van der Waals surface area (Å²) in [7, 11) is 0. The number of carbonyl (C=O) groups excluding carboxylic acids is 1. The van der Waals surface area contributed by atoms with Gasteiger partial charge in [-0.05, 0) is 6.42 Å². The predicted octanol–water partition coefficient (Wildman–Crippen LogP) is 0.487. The van der Waals surface area contributed by atoms with E-state index in [-0.39, 0.29) is 18.3 Å². The predicted molar refractivity (Wildman–Crippen MR) is 50.0 cm³/mol. The minimum Gasteiger partial charge on any atom is -0.294 e. The molecule has 0 atom stereocenters. The number of nitrogens with zero attached hydrogens (tertiary/aromatic N) is 1. The van der Waals surface area contributed by atoms with E-state index in [0.29, 0.717) is 12.8 Å². The van der Waals surface area contributed by atoms with E-state index < -0.39 is 0 Å². The summed E-state index contributed by atoms with van der Waals surface area (Å²) in [6.07, 6.45) is 1.06. The van der Waals surface area contributed by atoms with Gasteiger partial charge in [0, 0.05) is 11.8 Å². The minimum absolute atomic E-state index is 0. The molecule has 0 aromatic carbocycles. The van der Waals surface area contributed by atoms with Crippen LogP contribution in [0.25, 0.3) is 0 Å². The Morgan fingerprint density at radius 3 is 3.00 bits per heavy atom. The standard InChI is InChI=1S/C6H9N3OS.ClH/c7-9-6(10)2-1-5-3-11-4-8-5;/h3-4H,1-2,7H2,(H,9,10);1H. The summed E-state index contributed by atoms with van der Waals surface area (Å²) in [5.41, 5.74) is 4.75. The summed E-state index contributed by atoms with van der Waals surface area (Å²) >= 11 is 1.52. The number of nitrogens with two attached hydrogens (primary N) is 1. The number of aromatic nitrogens is 1. The fraction of sp³-hybridized carbons (Fsp3) is 0.333. The van der Waals surface area contributed by atoms with Crippen LogP contribution in [0.4, 0.5) is 0 Å². The zero-order chi connectivity index (χ0) is 8.10. The Morgan fingerprint density at radius 2 is 2.50 bits per heavy atom. The van der Waals surface area contributed by atoms with Gasteiger partial charge in [-0.2, -0.15) is 0 Å². The largest absolute Gasteiger partial charge is 0.294 e. The Balaban J connectivity index is 0.00000121. The van der Waals surface area contributed by atoms with E-state index >= 15 is 0 Å². The van der Waals surface area contributed by atoms with Crippen LogP contribution in [0.2, 0.25) is 0 Å². The van der Waals surface area contributed by atoms with Crippen molar-refractivity contribution in [2.75, 3.05) is 0 Å². The minimum atomic E-state index is -0.155. The fourth-order valence-corrected chi connectivity index (χ4v) is 1.27. The highest BCUT2D eigenvalue weighted by atomic mass is 35.5. The maximum absolute atomic E-state index is 10.6. The van der Waals surface area contributed by atoms with Crippen molar-refractivity contribution < 1.29 is 4.79 Å². The third-order valence-electron chi connectivity index (χ3n) is 1.25. The molecule has 6 heteroatoms. The van der Waals surface area contributed by atoms with Crippen molar-refractivity contribution in [3.05, 3.63) is 16.6 Å². The number of halogens is 1. The summed E-state index contributed by atoms with van der Waals surface area (Å²) in [4.78, 5) is 14.7. The van der Waals surface area contributed by atoms with Crippen LogP contribution in [0.15, 0.2) is 10.9 Å². The molecule has 1 aromatic heterocycles. The van der Waals surface area contributed by atoms with Crippen molar-refractivity contribution in [1.82, 2.24) is 10.4 Å². The second-order valence-corrected chi connectivity index (χ2v) is 2.77. The van der Waals surface area contributed by atoms with Crippen molar-refractivity contribution in [2.24, 2.45) is 5.84 Å². The monoisotopic (exact) mass is 207 g/mol. The molecule has 0 fully saturated rings. The number of hydrogen-bond donors (Lipinski definition) is 2. The summed E-state index contributed by atoms with van der Waals surface area (Å²) in [6, 6.07) is 0. The molecule has 4 nitrogen and oxygen atoms in total. The highest BCUT2D eigenvalue weighted by Gasteiger charge is 1.99. The summed E-state index contributed by atoms with van der Waals surface area (Å²) in [6.45, 7) is 0. The highest BCUT2D eigenvalue weighted by Crippen LogP contribution is 2.03. The van der Waals surface area contributed by atoms with E-state index in [0.717, 1.165) is 5.69 Å².